The Hall–Kier alpha value is -2.03. The molecular formula is C15H21N7OS. The van der Waals surface area contributed by atoms with Gasteiger partial charge in [0, 0.05) is 49.6 Å². The number of likely N-dealkylation sites (tertiary alicyclic amines) is 1. The normalized spacial score (nSPS) is 22.0. The summed E-state index contributed by atoms with van der Waals surface area (Å²) in [6.07, 6.45) is 6.43. The molecule has 2 aliphatic heterocycles. The number of nitrogens with zero attached hydrogens (tertiary/aromatic N) is 6. The Balaban J connectivity index is 1.27. The van der Waals surface area contributed by atoms with E-state index in [1.54, 1.807) is 11.3 Å². The van der Waals surface area contributed by atoms with Gasteiger partial charge in [0.25, 0.3) is 0 Å². The molecule has 0 spiro atoms. The number of hydrogen-bond donors (Lipinski definition) is 1. The quantitative estimate of drug-likeness (QED) is 0.887. The van der Waals surface area contributed by atoms with E-state index in [1.807, 2.05) is 21.2 Å². The second-order valence-corrected chi connectivity index (χ2v) is 7.35. The molecule has 24 heavy (non-hydrogen) atoms. The molecule has 0 saturated carbocycles. The number of aryl methyl sites for hydroxylation is 2. The third-order valence-corrected chi connectivity index (χ3v) is 5.86. The van der Waals surface area contributed by atoms with E-state index in [2.05, 4.69) is 25.8 Å². The van der Waals surface area contributed by atoms with Gasteiger partial charge in [-0.1, -0.05) is 0 Å². The molecule has 0 aliphatic carbocycles. The summed E-state index contributed by atoms with van der Waals surface area (Å²) >= 11 is 1.72. The largest absolute Gasteiger partial charge is 0.335 e. The maximum Gasteiger partial charge on any atom is 0.317 e. The minimum Gasteiger partial charge on any atom is -0.335 e. The van der Waals surface area contributed by atoms with E-state index in [4.69, 9.17) is 0 Å². The second kappa shape index (κ2) is 6.84. The average Bonchev–Trinajstić information content (AvgIpc) is 3.26. The van der Waals surface area contributed by atoms with Crippen molar-refractivity contribution in [1.29, 1.82) is 0 Å². The van der Waals surface area contributed by atoms with Crippen molar-refractivity contribution in [3.63, 3.8) is 0 Å². The Bertz CT molecular complexity index is 655. The van der Waals surface area contributed by atoms with Crippen LogP contribution in [0.5, 0.6) is 0 Å². The molecular weight excluding hydrogens is 326 g/mol. The lowest BCUT2D eigenvalue weighted by Gasteiger charge is -2.32. The van der Waals surface area contributed by atoms with E-state index in [0.29, 0.717) is 5.92 Å². The third kappa shape index (κ3) is 3.26. The summed E-state index contributed by atoms with van der Waals surface area (Å²) in [6, 6.07) is 0.237. The van der Waals surface area contributed by atoms with E-state index in [9.17, 15) is 4.79 Å². The summed E-state index contributed by atoms with van der Waals surface area (Å²) in [4.78, 5) is 18.9. The number of carbonyl (C=O) groups excluding carboxylic acids is 1. The van der Waals surface area contributed by atoms with Crippen molar-refractivity contribution in [3.8, 4) is 0 Å². The van der Waals surface area contributed by atoms with Gasteiger partial charge < -0.3 is 10.2 Å². The molecule has 1 N–H and O–H groups in total. The molecule has 2 amide bonds. The first kappa shape index (κ1) is 15.5. The highest BCUT2D eigenvalue weighted by atomic mass is 32.1. The van der Waals surface area contributed by atoms with Crippen molar-refractivity contribution in [2.45, 2.75) is 50.6 Å². The zero-order chi connectivity index (χ0) is 16.4. The molecule has 2 aromatic rings. The van der Waals surface area contributed by atoms with Crippen LogP contribution in [0.1, 0.15) is 42.4 Å². The maximum atomic E-state index is 12.5. The van der Waals surface area contributed by atoms with Crippen LogP contribution in [0, 0.1) is 0 Å². The summed E-state index contributed by atoms with van der Waals surface area (Å²) in [7, 11) is 0. The van der Waals surface area contributed by atoms with Crippen LogP contribution >= 0.6 is 11.3 Å². The Kier molecular flexibility index (Phi) is 4.42. The van der Waals surface area contributed by atoms with Crippen molar-refractivity contribution in [2.24, 2.45) is 0 Å². The SMILES string of the molecule is O=C(NC1CCc2nnnn2CC1)N1CCC(c2nccs2)CC1. The van der Waals surface area contributed by atoms with Gasteiger partial charge in [-0.05, 0) is 36.1 Å². The van der Waals surface area contributed by atoms with Gasteiger partial charge in [-0.25, -0.2) is 14.5 Å². The van der Waals surface area contributed by atoms with Crippen LogP contribution < -0.4 is 5.32 Å². The zero-order valence-electron chi connectivity index (χ0n) is 13.5. The molecule has 1 atom stereocenters. The molecule has 8 nitrogen and oxygen atoms in total. The summed E-state index contributed by atoms with van der Waals surface area (Å²) < 4.78 is 1.84. The lowest BCUT2D eigenvalue weighted by Crippen LogP contribution is -2.47. The maximum absolute atomic E-state index is 12.5. The van der Waals surface area contributed by atoms with E-state index in [1.165, 1.54) is 5.01 Å². The first-order valence-corrected chi connectivity index (χ1v) is 9.37. The molecule has 4 heterocycles. The molecule has 1 fully saturated rings. The first-order valence-electron chi connectivity index (χ1n) is 8.49. The number of aromatic nitrogens is 5. The number of fused-ring (bicyclic) bond motifs is 1. The average molecular weight is 347 g/mol. The van der Waals surface area contributed by atoms with Crippen LogP contribution in [-0.2, 0) is 13.0 Å². The topological polar surface area (TPSA) is 88.8 Å². The van der Waals surface area contributed by atoms with Crippen molar-refractivity contribution in [1.82, 2.24) is 35.4 Å². The van der Waals surface area contributed by atoms with Gasteiger partial charge in [-0.15, -0.1) is 16.4 Å². The van der Waals surface area contributed by atoms with E-state index >= 15 is 0 Å². The Morgan fingerprint density at radius 3 is 2.88 bits per heavy atom. The van der Waals surface area contributed by atoms with Gasteiger partial charge >= 0.3 is 6.03 Å². The predicted molar refractivity (Wildman–Crippen MR) is 88.7 cm³/mol. The molecule has 2 aromatic heterocycles. The number of rotatable bonds is 2. The molecule has 2 aliphatic rings. The fraction of sp³-hybridized carbons (Fsp3) is 0.667. The van der Waals surface area contributed by atoms with Gasteiger partial charge in [-0.2, -0.15) is 0 Å². The number of hydrogen-bond acceptors (Lipinski definition) is 6. The second-order valence-electron chi connectivity index (χ2n) is 6.42. The number of thiazole rings is 1. The molecule has 4 rings (SSSR count). The molecule has 9 heteroatoms. The van der Waals surface area contributed by atoms with Crippen LogP contribution in [0.4, 0.5) is 4.79 Å². The fourth-order valence-corrected chi connectivity index (χ4v) is 4.29. The smallest absolute Gasteiger partial charge is 0.317 e. The number of carbonyl (C=O) groups is 1. The van der Waals surface area contributed by atoms with Crippen molar-refractivity contribution in [3.05, 3.63) is 22.4 Å². The van der Waals surface area contributed by atoms with Crippen molar-refractivity contribution < 1.29 is 4.79 Å². The van der Waals surface area contributed by atoms with Gasteiger partial charge in [0.05, 0.1) is 5.01 Å². The summed E-state index contributed by atoms with van der Waals surface area (Å²) in [5.74, 6) is 1.42. The Labute approximate surface area is 144 Å². The van der Waals surface area contributed by atoms with Gasteiger partial charge in [-0.3, -0.25) is 0 Å². The van der Waals surface area contributed by atoms with E-state index in [0.717, 1.165) is 57.6 Å². The highest BCUT2D eigenvalue weighted by molar-refractivity contribution is 7.09. The van der Waals surface area contributed by atoms with Crippen LogP contribution in [0.3, 0.4) is 0 Å². The van der Waals surface area contributed by atoms with Gasteiger partial charge in [0.15, 0.2) is 5.82 Å². The van der Waals surface area contributed by atoms with Crippen LogP contribution in [0.15, 0.2) is 11.6 Å². The molecule has 128 valence electrons. The number of urea groups is 1. The zero-order valence-corrected chi connectivity index (χ0v) is 14.3. The van der Waals surface area contributed by atoms with Crippen LogP contribution in [0.2, 0.25) is 0 Å². The Morgan fingerprint density at radius 2 is 2.08 bits per heavy atom. The minimum absolute atomic E-state index is 0.0585. The Morgan fingerprint density at radius 1 is 1.21 bits per heavy atom. The minimum atomic E-state index is 0.0585. The third-order valence-electron chi connectivity index (χ3n) is 4.92. The molecule has 0 aromatic carbocycles. The lowest BCUT2D eigenvalue weighted by atomic mass is 9.98. The van der Waals surface area contributed by atoms with Crippen LogP contribution in [0.25, 0.3) is 0 Å². The summed E-state index contributed by atoms with van der Waals surface area (Å²) in [5, 5.41) is 18.1. The highest BCUT2D eigenvalue weighted by Crippen LogP contribution is 2.29. The van der Waals surface area contributed by atoms with Gasteiger partial charge in [0.2, 0.25) is 0 Å². The molecule has 1 unspecified atom stereocenters. The predicted octanol–water partition coefficient (Wildman–Crippen LogP) is 1.42. The number of amides is 2. The number of tetrazole rings is 1. The lowest BCUT2D eigenvalue weighted by molar-refractivity contribution is 0.176. The van der Waals surface area contributed by atoms with Crippen molar-refractivity contribution >= 4 is 17.4 Å². The number of nitrogens with one attached hydrogen (secondary N) is 1. The molecule has 0 radical (unpaired) electrons. The first-order chi connectivity index (χ1) is 11.8. The summed E-state index contributed by atoms with van der Waals surface area (Å²) in [6.45, 7) is 2.37. The molecule has 0 bridgehead atoms. The van der Waals surface area contributed by atoms with Crippen LogP contribution in [-0.4, -0.2) is 55.3 Å². The number of piperidine rings is 1. The summed E-state index contributed by atoms with van der Waals surface area (Å²) in [5.41, 5.74) is 0. The van der Waals surface area contributed by atoms with E-state index < -0.39 is 0 Å². The van der Waals surface area contributed by atoms with Gasteiger partial charge in [0.1, 0.15) is 0 Å². The van der Waals surface area contributed by atoms with E-state index in [-0.39, 0.29) is 12.1 Å². The highest BCUT2D eigenvalue weighted by Gasteiger charge is 2.27. The monoisotopic (exact) mass is 347 g/mol. The standard InChI is InChI=1S/C15H21N7OS/c23-15(17-12-1-2-13-18-19-20-22(13)9-5-12)21-7-3-11(4-8-21)14-16-6-10-24-14/h6,10-12H,1-5,7-9H2,(H,17,23). The molecule has 1 saturated heterocycles. The van der Waals surface area contributed by atoms with Crippen molar-refractivity contribution in [2.75, 3.05) is 13.1 Å². The fourth-order valence-electron chi connectivity index (χ4n) is 3.48.